The van der Waals surface area contributed by atoms with Gasteiger partial charge in [-0.2, -0.15) is 4.31 Å². The molecule has 1 N–H and O–H groups in total. The predicted molar refractivity (Wildman–Crippen MR) is 87.8 cm³/mol. The van der Waals surface area contributed by atoms with Crippen molar-refractivity contribution in [2.45, 2.75) is 36.2 Å². The van der Waals surface area contributed by atoms with Crippen LogP contribution in [-0.4, -0.2) is 62.8 Å². The lowest BCUT2D eigenvalue weighted by Gasteiger charge is -2.24. The number of nitrogens with one attached hydrogen (secondary N) is 1. The highest BCUT2D eigenvalue weighted by atomic mass is 32.2. The van der Waals surface area contributed by atoms with E-state index < -0.39 is 10.0 Å². The number of rotatable bonds is 3. The number of fused-ring (bicyclic) bond motifs is 2. The maximum atomic E-state index is 12.9. The van der Waals surface area contributed by atoms with Gasteiger partial charge in [-0.3, -0.25) is 4.79 Å². The highest BCUT2D eigenvalue weighted by Gasteiger charge is 2.35. The van der Waals surface area contributed by atoms with Crippen LogP contribution in [-0.2, 0) is 10.0 Å². The summed E-state index contributed by atoms with van der Waals surface area (Å²) in [5, 5.41) is 3.48. The maximum Gasteiger partial charge on any atom is 0.253 e. The lowest BCUT2D eigenvalue weighted by atomic mass is 10.1. The van der Waals surface area contributed by atoms with E-state index in [0.717, 1.165) is 19.3 Å². The molecule has 2 heterocycles. The first-order valence-electron chi connectivity index (χ1n) is 7.96. The minimum Gasteiger partial charge on any atom is -0.345 e. The smallest absolute Gasteiger partial charge is 0.253 e. The van der Waals surface area contributed by atoms with Crippen LogP contribution in [0.4, 0.5) is 0 Å². The highest BCUT2D eigenvalue weighted by molar-refractivity contribution is 7.89. The Morgan fingerprint density at radius 2 is 1.96 bits per heavy atom. The van der Waals surface area contributed by atoms with E-state index in [1.54, 1.807) is 36.6 Å². The molecule has 2 atom stereocenters. The minimum absolute atomic E-state index is 0.196. The monoisotopic (exact) mass is 337 g/mol. The third kappa shape index (κ3) is 3.27. The van der Waals surface area contributed by atoms with Crippen molar-refractivity contribution in [3.8, 4) is 0 Å². The topological polar surface area (TPSA) is 69.7 Å². The molecule has 1 amide bonds. The van der Waals surface area contributed by atoms with E-state index in [1.807, 2.05) is 0 Å². The zero-order chi connectivity index (χ0) is 16.6. The molecular formula is C16H23N3O3S. The molecule has 126 valence electrons. The van der Waals surface area contributed by atoms with Crippen molar-refractivity contribution in [2.75, 3.05) is 27.2 Å². The van der Waals surface area contributed by atoms with Crippen molar-refractivity contribution < 1.29 is 13.2 Å². The Labute approximate surface area is 137 Å². The number of hydrogen-bond acceptors (Lipinski definition) is 4. The Kier molecular flexibility index (Phi) is 4.44. The van der Waals surface area contributed by atoms with Crippen LogP contribution in [0.2, 0.25) is 0 Å². The molecule has 2 aliphatic rings. The molecule has 6 nitrogen and oxygen atoms in total. The quantitative estimate of drug-likeness (QED) is 0.890. The first-order valence-corrected chi connectivity index (χ1v) is 9.40. The van der Waals surface area contributed by atoms with E-state index >= 15 is 0 Å². The number of sulfonamides is 1. The van der Waals surface area contributed by atoms with Crippen molar-refractivity contribution in [1.29, 1.82) is 0 Å². The summed E-state index contributed by atoms with van der Waals surface area (Å²) in [6.07, 6.45) is 2.99. The first kappa shape index (κ1) is 16.4. The van der Waals surface area contributed by atoms with Crippen LogP contribution in [0.1, 0.15) is 29.6 Å². The van der Waals surface area contributed by atoms with Gasteiger partial charge in [-0.05, 0) is 37.5 Å². The summed E-state index contributed by atoms with van der Waals surface area (Å²) >= 11 is 0. The molecule has 0 aromatic heterocycles. The van der Waals surface area contributed by atoms with Gasteiger partial charge in [-0.25, -0.2) is 8.42 Å². The number of carbonyl (C=O) groups is 1. The fourth-order valence-corrected chi connectivity index (χ4v) is 4.87. The van der Waals surface area contributed by atoms with Gasteiger partial charge in [0.05, 0.1) is 4.90 Å². The van der Waals surface area contributed by atoms with Crippen LogP contribution >= 0.6 is 0 Å². The number of benzene rings is 1. The van der Waals surface area contributed by atoms with E-state index in [1.165, 1.54) is 11.0 Å². The zero-order valence-electron chi connectivity index (χ0n) is 13.5. The SMILES string of the molecule is CN(C)C(=O)c1cccc(S(=O)(=O)N2CCC3CCC(C2)N3)c1. The summed E-state index contributed by atoms with van der Waals surface area (Å²) in [6, 6.07) is 7.00. The summed E-state index contributed by atoms with van der Waals surface area (Å²) in [4.78, 5) is 13.7. The van der Waals surface area contributed by atoms with Gasteiger partial charge in [0.2, 0.25) is 10.0 Å². The Morgan fingerprint density at radius 1 is 1.22 bits per heavy atom. The average Bonchev–Trinajstić information content (AvgIpc) is 2.85. The second-order valence-corrected chi connectivity index (χ2v) is 8.45. The second-order valence-electron chi connectivity index (χ2n) is 6.52. The second kappa shape index (κ2) is 6.22. The van der Waals surface area contributed by atoms with E-state index in [9.17, 15) is 13.2 Å². The average molecular weight is 337 g/mol. The number of amides is 1. The van der Waals surface area contributed by atoms with E-state index in [4.69, 9.17) is 0 Å². The molecule has 2 fully saturated rings. The third-order valence-electron chi connectivity index (χ3n) is 4.61. The Balaban J connectivity index is 1.87. The molecule has 2 unspecified atom stereocenters. The van der Waals surface area contributed by atoms with Crippen LogP contribution < -0.4 is 5.32 Å². The summed E-state index contributed by atoms with van der Waals surface area (Å²) < 4.78 is 27.4. The highest BCUT2D eigenvalue weighted by Crippen LogP contribution is 2.25. The molecule has 23 heavy (non-hydrogen) atoms. The van der Waals surface area contributed by atoms with Gasteiger partial charge in [0, 0.05) is 44.8 Å². The van der Waals surface area contributed by atoms with Crippen molar-refractivity contribution in [3.05, 3.63) is 29.8 Å². The molecular weight excluding hydrogens is 314 g/mol. The van der Waals surface area contributed by atoms with Crippen molar-refractivity contribution in [3.63, 3.8) is 0 Å². The molecule has 0 spiro atoms. The molecule has 1 aromatic carbocycles. The lowest BCUT2D eigenvalue weighted by Crippen LogP contribution is -2.39. The predicted octanol–water partition coefficient (Wildman–Crippen LogP) is 0.903. The van der Waals surface area contributed by atoms with Crippen molar-refractivity contribution in [2.24, 2.45) is 0 Å². The van der Waals surface area contributed by atoms with Gasteiger partial charge in [0.15, 0.2) is 0 Å². The third-order valence-corrected chi connectivity index (χ3v) is 6.47. The molecule has 2 saturated heterocycles. The largest absolute Gasteiger partial charge is 0.345 e. The van der Waals surface area contributed by atoms with Crippen LogP contribution in [0.25, 0.3) is 0 Å². The van der Waals surface area contributed by atoms with Gasteiger partial charge in [-0.15, -0.1) is 0 Å². The minimum atomic E-state index is -3.57. The fraction of sp³-hybridized carbons (Fsp3) is 0.562. The summed E-state index contributed by atoms with van der Waals surface area (Å²) in [7, 11) is -0.260. The zero-order valence-corrected chi connectivity index (χ0v) is 14.3. The summed E-state index contributed by atoms with van der Waals surface area (Å²) in [6.45, 7) is 1.03. The molecule has 0 saturated carbocycles. The molecule has 2 bridgehead atoms. The van der Waals surface area contributed by atoms with Gasteiger partial charge in [-0.1, -0.05) is 6.07 Å². The van der Waals surface area contributed by atoms with Crippen LogP contribution in [0.5, 0.6) is 0 Å². The van der Waals surface area contributed by atoms with Crippen molar-refractivity contribution >= 4 is 15.9 Å². The van der Waals surface area contributed by atoms with E-state index in [-0.39, 0.29) is 16.8 Å². The molecule has 0 aliphatic carbocycles. The first-order chi connectivity index (χ1) is 10.9. The molecule has 0 radical (unpaired) electrons. The van der Waals surface area contributed by atoms with Gasteiger partial charge in [0.1, 0.15) is 0 Å². The van der Waals surface area contributed by atoms with E-state index in [2.05, 4.69) is 5.32 Å². The maximum absolute atomic E-state index is 12.9. The van der Waals surface area contributed by atoms with Gasteiger partial charge < -0.3 is 10.2 Å². The van der Waals surface area contributed by atoms with Crippen molar-refractivity contribution in [1.82, 2.24) is 14.5 Å². The number of carbonyl (C=O) groups excluding carboxylic acids is 1. The molecule has 7 heteroatoms. The summed E-state index contributed by atoms with van der Waals surface area (Å²) in [5.41, 5.74) is 0.394. The molecule has 3 rings (SSSR count). The van der Waals surface area contributed by atoms with Crippen LogP contribution in [0.3, 0.4) is 0 Å². The standard InChI is InChI=1S/C16H23N3O3S/c1-18(2)16(20)12-4-3-5-15(10-12)23(21,22)19-9-8-13-6-7-14(11-19)17-13/h3-5,10,13-14,17H,6-9,11H2,1-2H3. The van der Waals surface area contributed by atoms with Crippen LogP contribution in [0, 0.1) is 0 Å². The van der Waals surface area contributed by atoms with Gasteiger partial charge in [0.25, 0.3) is 5.91 Å². The van der Waals surface area contributed by atoms with E-state index in [0.29, 0.717) is 24.7 Å². The fourth-order valence-electron chi connectivity index (χ4n) is 3.33. The number of nitrogens with zero attached hydrogens (tertiary/aromatic N) is 2. The Hall–Kier alpha value is -1.44. The molecule has 2 aliphatic heterocycles. The normalized spacial score (nSPS) is 25.1. The lowest BCUT2D eigenvalue weighted by molar-refractivity contribution is 0.0827. The Bertz CT molecular complexity index is 702. The Morgan fingerprint density at radius 3 is 2.70 bits per heavy atom. The summed E-state index contributed by atoms with van der Waals surface area (Å²) in [5.74, 6) is -0.196. The molecule has 1 aromatic rings. The number of hydrogen-bond donors (Lipinski definition) is 1. The van der Waals surface area contributed by atoms with Gasteiger partial charge >= 0.3 is 0 Å². The van der Waals surface area contributed by atoms with Crippen LogP contribution in [0.15, 0.2) is 29.2 Å².